The van der Waals surface area contributed by atoms with Crippen LogP contribution in [0.4, 0.5) is 0 Å². The van der Waals surface area contributed by atoms with Gasteiger partial charge in [-0.1, -0.05) is 243 Å². The van der Waals surface area contributed by atoms with Crippen molar-refractivity contribution in [2.45, 2.75) is 0 Å². The maximum atomic E-state index is 5.27. The summed E-state index contributed by atoms with van der Waals surface area (Å²) in [6.07, 6.45) is 0. The van der Waals surface area contributed by atoms with Gasteiger partial charge < -0.3 is 0 Å². The lowest BCUT2D eigenvalue weighted by molar-refractivity contribution is 1.28. The fourth-order valence-corrected chi connectivity index (χ4v) is 25.8. The highest BCUT2D eigenvalue weighted by Crippen LogP contribution is 2.51. The maximum absolute atomic E-state index is 5.27. The average molecular weight is 1670 g/mol. The lowest BCUT2D eigenvalue weighted by Crippen LogP contribution is -1.90. The Balaban J connectivity index is 0.0000000823. The van der Waals surface area contributed by atoms with Gasteiger partial charge in [-0.15, -0.1) is 45.3 Å². The molecule has 0 spiro atoms. The molecule has 0 fully saturated rings. The molecule has 33 aromatic rings. The van der Waals surface area contributed by atoms with E-state index in [-0.39, 0.29) is 0 Å². The van der Waals surface area contributed by atoms with Crippen molar-refractivity contribution in [2.75, 3.05) is 0 Å². The molecule has 0 saturated heterocycles. The molecule has 0 saturated carbocycles. The lowest BCUT2D eigenvalue weighted by Gasteiger charge is -2.04. The first-order valence-corrected chi connectivity index (χ1v) is 45.5. The summed E-state index contributed by atoms with van der Waals surface area (Å²) in [6.45, 7) is 0. The Morgan fingerprint density at radius 3 is 1.05 bits per heavy atom. The Labute approximate surface area is 726 Å². The monoisotopic (exact) mass is 1670 g/mol. The fraction of sp³-hybridized carbons (Fsp3) is 0. The van der Waals surface area contributed by atoms with E-state index in [4.69, 9.17) is 39.9 Å². The number of hydrogen-bond donors (Lipinski definition) is 0. The molecule has 0 bridgehead atoms. The van der Waals surface area contributed by atoms with Gasteiger partial charge in [0.2, 0.25) is 0 Å². The smallest absolute Gasteiger partial charge is 0.165 e. The number of rotatable bonds is 1. The molecule has 16 heterocycles. The Hall–Kier alpha value is -15.8. The summed E-state index contributed by atoms with van der Waals surface area (Å²) in [7, 11) is 0. The van der Waals surface area contributed by atoms with Crippen LogP contribution in [0.25, 0.3) is 289 Å². The molecule has 16 aromatic heterocycles. The van der Waals surface area contributed by atoms with Gasteiger partial charge in [0.15, 0.2) is 22.6 Å². The van der Waals surface area contributed by atoms with Crippen LogP contribution >= 0.6 is 45.3 Å². The SMILES string of the molecule is c1ccc(-c2ccc3nc4c5cccc6c7ccc8c9ccccc9sc8c7n(c4nc3c2)c65)cc1.c1ccc2nc3c(nc2c1)c1cccc2c4c5c(ccc4n3c12)sc1ccccc15.c1ccc2nc3c(nc2c1)c1cccc2c4cc5c(cc4n3c21)sc1ccccc15.c1ccc2nc3c(nc2c1)c1cccc2c4ccc5c6ccccc6sc5c4n3c21. The summed E-state index contributed by atoms with van der Waals surface area (Å²) in [5.74, 6) is 0. The number of para-hydroxylation sites is 10. The molecule has 16 heteroatoms. The molecular formula is C110H56N12S4. The zero-order chi connectivity index (χ0) is 81.6. The highest BCUT2D eigenvalue weighted by atomic mass is 32.1. The van der Waals surface area contributed by atoms with Gasteiger partial charge in [0.25, 0.3) is 0 Å². The molecule has 0 aliphatic heterocycles. The summed E-state index contributed by atoms with van der Waals surface area (Å²) in [4.78, 5) is 40.6. The van der Waals surface area contributed by atoms with Crippen LogP contribution in [0, 0.1) is 0 Å². The van der Waals surface area contributed by atoms with E-state index in [1.807, 2.05) is 124 Å². The molecule has 0 aliphatic rings. The fourth-order valence-electron chi connectivity index (χ4n) is 21.1. The quantitative estimate of drug-likeness (QED) is 0.159. The maximum Gasteiger partial charge on any atom is 0.165 e. The first kappa shape index (κ1) is 67.8. The Bertz CT molecular complexity index is 10600. The van der Waals surface area contributed by atoms with E-state index < -0.39 is 0 Å². The zero-order valence-corrected chi connectivity index (χ0v) is 69.6. The summed E-state index contributed by atoms with van der Waals surface area (Å²) in [5, 5.41) is 25.5. The standard InChI is InChI=1S/C32H17N3S.3C26H13N3S/c1-2-7-18(8-3-1)19-13-16-25-26(17-19)34-32-28(33-25)24-11-6-10-21-22-14-15-23-20-9-4-5-12-27(20)36-31(23)30(22)35(32)29(21)24;1-4-11-22-14(6-1)18-12-17-15-7-5-8-16-24-26(28-20-10-3-2-9-19(20)27-24)29(25(15)16)21(17)13-23(18)30-22;1-4-11-21-14(6-1)17-13-12-16-15-7-5-8-18-22-26(28-20-10-3-2-9-19(20)27-22)29(23(15)18)24(16)25(17)30-21;1-4-11-20-14(6-1)23-21(30-20)13-12-19-22(23)15-7-5-8-16-24-26(29(19)25(15)16)28-18-10-3-2-9-17(18)27-24/h1-17H;3*1-13H. The number of nitrogens with zero attached hydrogens (tertiary/aromatic N) is 12. The van der Waals surface area contributed by atoms with Crippen LogP contribution in [0.15, 0.2) is 340 Å². The number of aromatic nitrogens is 12. The van der Waals surface area contributed by atoms with E-state index in [1.54, 1.807) is 0 Å². The summed E-state index contributed by atoms with van der Waals surface area (Å²) in [6, 6.07) is 121. The molecule has 0 aliphatic carbocycles. The van der Waals surface area contributed by atoms with E-state index >= 15 is 0 Å². The van der Waals surface area contributed by atoms with E-state index in [0.717, 1.165) is 99.7 Å². The predicted octanol–water partition coefficient (Wildman–Crippen LogP) is 30.3. The molecule has 580 valence electrons. The van der Waals surface area contributed by atoms with Crippen LogP contribution in [0.3, 0.4) is 0 Å². The van der Waals surface area contributed by atoms with Gasteiger partial charge in [0.1, 0.15) is 22.1 Å². The number of benzene rings is 17. The third-order valence-electron chi connectivity index (χ3n) is 26.4. The van der Waals surface area contributed by atoms with Gasteiger partial charge in [0, 0.05) is 136 Å². The van der Waals surface area contributed by atoms with Crippen molar-refractivity contribution in [2.24, 2.45) is 0 Å². The van der Waals surface area contributed by atoms with Crippen molar-refractivity contribution in [3.05, 3.63) is 340 Å². The highest BCUT2D eigenvalue weighted by Gasteiger charge is 2.29. The lowest BCUT2D eigenvalue weighted by atomic mass is 10.0. The van der Waals surface area contributed by atoms with Crippen LogP contribution in [0.2, 0.25) is 0 Å². The summed E-state index contributed by atoms with van der Waals surface area (Å²) >= 11 is 7.46. The zero-order valence-electron chi connectivity index (χ0n) is 66.3. The molecule has 0 amide bonds. The minimum Gasteiger partial charge on any atom is -0.291 e. The molecule has 0 N–H and O–H groups in total. The predicted molar refractivity (Wildman–Crippen MR) is 534 cm³/mol. The normalized spacial score (nSPS) is 12.6. The summed E-state index contributed by atoms with van der Waals surface area (Å²) < 4.78 is 19.9. The van der Waals surface area contributed by atoms with Crippen molar-refractivity contribution in [3.8, 4) is 11.1 Å². The third kappa shape index (κ3) is 9.12. The Morgan fingerprint density at radius 1 is 0.167 bits per heavy atom. The van der Waals surface area contributed by atoms with Gasteiger partial charge in [-0.25, -0.2) is 39.9 Å². The second-order valence-electron chi connectivity index (χ2n) is 33.0. The minimum atomic E-state index is 0.918. The molecule has 0 atom stereocenters. The molecular weight excluding hydrogens is 1620 g/mol. The summed E-state index contributed by atoms with van der Waals surface area (Å²) in [5.41, 5.74) is 27.2. The Kier molecular flexibility index (Phi) is 13.4. The molecule has 17 aromatic carbocycles. The van der Waals surface area contributed by atoms with Crippen LogP contribution in [0.5, 0.6) is 0 Å². The van der Waals surface area contributed by atoms with Crippen molar-refractivity contribution < 1.29 is 0 Å². The first-order valence-electron chi connectivity index (χ1n) is 42.2. The largest absolute Gasteiger partial charge is 0.291 e. The highest BCUT2D eigenvalue weighted by molar-refractivity contribution is 7.27. The third-order valence-corrected chi connectivity index (χ3v) is 31.1. The molecule has 33 rings (SSSR count). The second-order valence-corrected chi connectivity index (χ2v) is 37.3. The topological polar surface area (TPSA) is 121 Å². The minimum absolute atomic E-state index is 0.918. The first-order chi connectivity index (χ1) is 62.5. The molecule has 126 heavy (non-hydrogen) atoms. The molecule has 0 unspecified atom stereocenters. The van der Waals surface area contributed by atoms with E-state index in [2.05, 4.69) is 278 Å². The van der Waals surface area contributed by atoms with Gasteiger partial charge >= 0.3 is 0 Å². The van der Waals surface area contributed by atoms with Gasteiger partial charge in [-0.3, -0.25) is 17.6 Å². The number of hydrogen-bond acceptors (Lipinski definition) is 12. The van der Waals surface area contributed by atoms with Gasteiger partial charge in [-0.05, 0) is 108 Å². The molecule has 0 radical (unpaired) electrons. The average Bonchev–Trinajstić information content (AvgIpc) is 1.55. The van der Waals surface area contributed by atoms with E-state index in [1.165, 1.54) is 190 Å². The number of fused-ring (bicyclic) bond motifs is 43. The van der Waals surface area contributed by atoms with Crippen molar-refractivity contribution in [1.82, 2.24) is 57.5 Å². The second kappa shape index (κ2) is 25.0. The van der Waals surface area contributed by atoms with Crippen molar-refractivity contribution in [1.29, 1.82) is 0 Å². The van der Waals surface area contributed by atoms with E-state index in [0.29, 0.717) is 0 Å². The number of thiophene rings is 4. The van der Waals surface area contributed by atoms with Crippen LogP contribution in [0.1, 0.15) is 0 Å². The van der Waals surface area contributed by atoms with Gasteiger partial charge in [0.05, 0.1) is 97.7 Å². The van der Waals surface area contributed by atoms with Crippen molar-refractivity contribution in [3.63, 3.8) is 0 Å². The van der Waals surface area contributed by atoms with Crippen LogP contribution in [-0.2, 0) is 0 Å². The van der Waals surface area contributed by atoms with Crippen LogP contribution in [-0.4, -0.2) is 57.5 Å². The van der Waals surface area contributed by atoms with Gasteiger partial charge in [-0.2, -0.15) is 0 Å². The van der Waals surface area contributed by atoms with Crippen LogP contribution < -0.4 is 0 Å². The Morgan fingerprint density at radius 2 is 0.524 bits per heavy atom. The molecule has 12 nitrogen and oxygen atoms in total. The van der Waals surface area contributed by atoms with E-state index in [9.17, 15) is 0 Å². The van der Waals surface area contributed by atoms with Crippen molar-refractivity contribution >= 4 is 324 Å².